The van der Waals surface area contributed by atoms with Crippen LogP contribution in [-0.2, 0) is 20.0 Å². The van der Waals surface area contributed by atoms with Crippen molar-refractivity contribution in [1.82, 2.24) is 15.6 Å². The maximum Gasteiger partial charge on any atom is 0.405 e. The molecule has 5 rings (SSSR count). The number of hydrogen-bond acceptors (Lipinski definition) is 6. The first kappa shape index (κ1) is 26.5. The Morgan fingerprint density at radius 1 is 1.11 bits per heavy atom. The van der Waals surface area contributed by atoms with Crippen LogP contribution in [0.2, 0.25) is 0 Å². The maximum absolute atomic E-state index is 13.4. The number of carbonyl (C=O) groups excluding carboxylic acids is 2. The molecule has 1 aromatic heterocycles. The molecule has 204 valence electrons. The molecule has 2 aliphatic heterocycles. The van der Waals surface area contributed by atoms with Gasteiger partial charge in [0.1, 0.15) is 12.4 Å². The first-order valence-electron chi connectivity index (χ1n) is 12.6. The van der Waals surface area contributed by atoms with E-state index >= 15 is 0 Å². The number of benzene rings is 1. The van der Waals surface area contributed by atoms with Gasteiger partial charge < -0.3 is 15.5 Å². The molecule has 2 saturated heterocycles. The van der Waals surface area contributed by atoms with Crippen LogP contribution in [0.5, 0.6) is 0 Å². The highest BCUT2D eigenvalue weighted by atomic mass is 32.2. The monoisotopic (exact) mass is 550 g/mol. The van der Waals surface area contributed by atoms with Crippen LogP contribution in [0.1, 0.15) is 54.4 Å². The molecule has 1 saturated carbocycles. The van der Waals surface area contributed by atoms with E-state index in [0.717, 1.165) is 37.5 Å². The van der Waals surface area contributed by atoms with Crippen molar-refractivity contribution in [1.29, 1.82) is 0 Å². The van der Waals surface area contributed by atoms with Gasteiger partial charge in [-0.25, -0.2) is 13.4 Å². The number of alkyl halides is 3. The molecule has 2 amide bonds. The van der Waals surface area contributed by atoms with E-state index in [1.54, 1.807) is 18.2 Å². The number of halogens is 3. The van der Waals surface area contributed by atoms with Crippen LogP contribution in [-0.4, -0.2) is 62.3 Å². The number of aromatic nitrogens is 1. The third-order valence-electron chi connectivity index (χ3n) is 7.79. The van der Waals surface area contributed by atoms with Crippen molar-refractivity contribution in [2.75, 3.05) is 17.7 Å². The molecule has 3 atom stereocenters. The van der Waals surface area contributed by atoms with E-state index in [2.05, 4.69) is 15.2 Å². The van der Waals surface area contributed by atoms with Crippen LogP contribution in [0, 0.1) is 0 Å². The van der Waals surface area contributed by atoms with Gasteiger partial charge in [-0.2, -0.15) is 13.2 Å². The average Bonchev–Trinajstić information content (AvgIpc) is 3.63. The Bertz CT molecular complexity index is 1330. The standard InChI is InChI=1S/C26H29F3N4O4S/c1-38(36,37)21-4-2-3-17(11-21)25(9-10-25)24(35)32-18-12-19-6-7-20(13-18)33(19)22-8-5-16(14-30-22)23(34)31-15-26(27,28)29/h2-5,8,11,14,18-20H,6-7,9-10,12-13,15H2,1H3,(H,31,34)(H,32,35)/t18-,19+,20-. The first-order chi connectivity index (χ1) is 17.9. The average molecular weight is 551 g/mol. The van der Waals surface area contributed by atoms with Crippen molar-refractivity contribution in [3.05, 3.63) is 53.7 Å². The fraction of sp³-hybridized carbons (Fsp3) is 0.500. The summed E-state index contributed by atoms with van der Waals surface area (Å²) < 4.78 is 61.1. The second-order valence-corrected chi connectivity index (χ2v) is 12.5. The fourth-order valence-electron chi connectivity index (χ4n) is 5.74. The molecule has 0 radical (unpaired) electrons. The minimum atomic E-state index is -4.48. The molecule has 1 aromatic carbocycles. The van der Waals surface area contributed by atoms with Crippen LogP contribution >= 0.6 is 0 Å². The molecule has 12 heteroatoms. The van der Waals surface area contributed by atoms with Crippen LogP contribution < -0.4 is 15.5 Å². The number of piperidine rings is 1. The van der Waals surface area contributed by atoms with E-state index in [0.29, 0.717) is 18.7 Å². The summed E-state index contributed by atoms with van der Waals surface area (Å²) in [5.74, 6) is -0.249. The second kappa shape index (κ2) is 9.55. The normalized spacial score (nSPS) is 24.1. The van der Waals surface area contributed by atoms with E-state index in [9.17, 15) is 31.2 Å². The second-order valence-electron chi connectivity index (χ2n) is 10.5. The SMILES string of the molecule is CS(=O)(=O)c1cccc(C2(C(=O)N[C@H]3C[C@H]4CC[C@@H](C3)N4c3ccc(C(=O)NCC(F)(F)F)cn3)CC2)c1. The highest BCUT2D eigenvalue weighted by Crippen LogP contribution is 2.49. The van der Waals surface area contributed by atoms with E-state index < -0.39 is 33.9 Å². The van der Waals surface area contributed by atoms with Crippen molar-refractivity contribution < 1.29 is 31.2 Å². The molecule has 1 aliphatic carbocycles. The summed E-state index contributed by atoms with van der Waals surface area (Å²) in [6.45, 7) is -1.40. The molecule has 3 heterocycles. The summed E-state index contributed by atoms with van der Waals surface area (Å²) in [6.07, 6.45) is 2.59. The van der Waals surface area contributed by atoms with Gasteiger partial charge in [0.25, 0.3) is 5.91 Å². The smallest absolute Gasteiger partial charge is 0.352 e. The molecule has 3 aliphatic rings. The van der Waals surface area contributed by atoms with Crippen molar-refractivity contribution in [3.8, 4) is 0 Å². The van der Waals surface area contributed by atoms with Gasteiger partial charge >= 0.3 is 6.18 Å². The zero-order valence-corrected chi connectivity index (χ0v) is 21.6. The maximum atomic E-state index is 13.4. The fourth-order valence-corrected chi connectivity index (χ4v) is 6.41. The number of anilines is 1. The van der Waals surface area contributed by atoms with Gasteiger partial charge in [-0.3, -0.25) is 9.59 Å². The van der Waals surface area contributed by atoms with Gasteiger partial charge in [0.2, 0.25) is 5.91 Å². The number of pyridine rings is 1. The molecule has 2 aromatic rings. The number of amides is 2. The summed E-state index contributed by atoms with van der Waals surface area (Å²) >= 11 is 0. The molecule has 2 bridgehead atoms. The van der Waals surface area contributed by atoms with Gasteiger partial charge in [0, 0.05) is 30.6 Å². The Balaban J connectivity index is 1.22. The first-order valence-corrected chi connectivity index (χ1v) is 14.5. The number of nitrogens with zero attached hydrogens (tertiary/aromatic N) is 2. The number of rotatable bonds is 7. The van der Waals surface area contributed by atoms with Crippen LogP contribution in [0.3, 0.4) is 0 Å². The van der Waals surface area contributed by atoms with E-state index in [4.69, 9.17) is 0 Å². The number of carbonyl (C=O) groups is 2. The molecule has 2 N–H and O–H groups in total. The summed E-state index contributed by atoms with van der Waals surface area (Å²) in [5, 5.41) is 5.06. The molecule has 0 unspecified atom stereocenters. The Morgan fingerprint density at radius 2 is 1.79 bits per heavy atom. The lowest BCUT2D eigenvalue weighted by molar-refractivity contribution is -0.124. The van der Waals surface area contributed by atoms with Crippen LogP contribution in [0.4, 0.5) is 19.0 Å². The van der Waals surface area contributed by atoms with Gasteiger partial charge in [-0.1, -0.05) is 12.1 Å². The molecule has 0 spiro atoms. The molecule has 8 nitrogen and oxygen atoms in total. The highest BCUT2D eigenvalue weighted by Gasteiger charge is 2.52. The third-order valence-corrected chi connectivity index (χ3v) is 8.90. The third kappa shape index (κ3) is 5.36. The number of sulfone groups is 1. The van der Waals surface area contributed by atoms with Crippen molar-refractivity contribution in [3.63, 3.8) is 0 Å². The van der Waals surface area contributed by atoms with Crippen LogP contribution in [0.15, 0.2) is 47.5 Å². The summed E-state index contributed by atoms with van der Waals surface area (Å²) in [7, 11) is -3.38. The molecular weight excluding hydrogens is 521 g/mol. The Hall–Kier alpha value is -3.15. The minimum absolute atomic E-state index is 0.0285. The van der Waals surface area contributed by atoms with E-state index in [1.165, 1.54) is 18.3 Å². The summed E-state index contributed by atoms with van der Waals surface area (Å²) in [6, 6.07) is 10.0. The van der Waals surface area contributed by atoms with Gasteiger partial charge in [0.05, 0.1) is 15.9 Å². The predicted octanol–water partition coefficient (Wildman–Crippen LogP) is 3.13. The lowest BCUT2D eigenvalue weighted by atomic mass is 9.92. The number of hydrogen-bond donors (Lipinski definition) is 2. The lowest BCUT2D eigenvalue weighted by Gasteiger charge is -2.40. The molecule has 3 fully saturated rings. The minimum Gasteiger partial charge on any atom is -0.352 e. The summed E-state index contributed by atoms with van der Waals surface area (Å²) in [5.41, 5.74) is 0.0880. The number of nitrogens with one attached hydrogen (secondary N) is 2. The van der Waals surface area contributed by atoms with Crippen molar-refractivity contribution in [2.45, 2.75) is 73.1 Å². The van der Waals surface area contributed by atoms with E-state index in [-0.39, 0.29) is 34.5 Å². The topological polar surface area (TPSA) is 108 Å². The van der Waals surface area contributed by atoms with E-state index in [1.807, 2.05) is 11.4 Å². The molecule has 38 heavy (non-hydrogen) atoms. The molecular formula is C26H29F3N4O4S. The Labute approximate surface area is 218 Å². The van der Waals surface area contributed by atoms with Crippen molar-refractivity contribution >= 4 is 27.5 Å². The zero-order chi connectivity index (χ0) is 27.3. The lowest BCUT2D eigenvalue weighted by Crippen LogP contribution is -2.52. The van der Waals surface area contributed by atoms with Gasteiger partial charge in [0.15, 0.2) is 9.84 Å². The predicted molar refractivity (Wildman–Crippen MR) is 134 cm³/mol. The van der Waals surface area contributed by atoms with Gasteiger partial charge in [-0.15, -0.1) is 0 Å². The van der Waals surface area contributed by atoms with Crippen molar-refractivity contribution in [2.24, 2.45) is 0 Å². The van der Waals surface area contributed by atoms with Gasteiger partial charge in [-0.05, 0) is 68.4 Å². The summed E-state index contributed by atoms with van der Waals surface area (Å²) in [4.78, 5) is 32.1. The number of fused-ring (bicyclic) bond motifs is 2. The zero-order valence-electron chi connectivity index (χ0n) is 20.8. The Kier molecular flexibility index (Phi) is 6.65. The largest absolute Gasteiger partial charge is 0.405 e. The quantitative estimate of drug-likeness (QED) is 0.549. The van der Waals surface area contributed by atoms with Crippen LogP contribution in [0.25, 0.3) is 0 Å². The Morgan fingerprint density at radius 3 is 2.34 bits per heavy atom. The highest BCUT2D eigenvalue weighted by molar-refractivity contribution is 7.90.